The zero-order valence-electron chi connectivity index (χ0n) is 10.7. The third kappa shape index (κ3) is 7.69. The molecular formula is C13H18F3NO2. The predicted molar refractivity (Wildman–Crippen MR) is 66.2 cm³/mol. The lowest BCUT2D eigenvalue weighted by molar-refractivity contribution is -0.175. The monoisotopic (exact) mass is 277 g/mol. The van der Waals surface area contributed by atoms with Gasteiger partial charge in [0.25, 0.3) is 0 Å². The molecule has 1 rings (SSSR count). The number of nitrogens with two attached hydrogens (primary N) is 1. The van der Waals surface area contributed by atoms with Crippen LogP contribution >= 0.6 is 0 Å². The molecule has 0 saturated carbocycles. The fourth-order valence-corrected chi connectivity index (χ4v) is 1.54. The summed E-state index contributed by atoms with van der Waals surface area (Å²) in [5.74, 6) is 0.605. The molecule has 0 radical (unpaired) electrons. The molecule has 19 heavy (non-hydrogen) atoms. The van der Waals surface area contributed by atoms with Crippen LogP contribution in [0.1, 0.15) is 12.5 Å². The average Bonchev–Trinajstić information content (AvgIpc) is 2.26. The number of alkyl halides is 3. The van der Waals surface area contributed by atoms with Crippen molar-refractivity contribution in [2.24, 2.45) is 5.73 Å². The minimum atomic E-state index is -4.29. The molecule has 1 atom stereocenters. The second kappa shape index (κ2) is 7.35. The summed E-state index contributed by atoms with van der Waals surface area (Å²) >= 11 is 0. The predicted octanol–water partition coefficient (Wildman–Crippen LogP) is 2.53. The third-order valence-electron chi connectivity index (χ3n) is 2.22. The van der Waals surface area contributed by atoms with Crippen LogP contribution in [0.5, 0.6) is 5.75 Å². The molecule has 0 bridgehead atoms. The van der Waals surface area contributed by atoms with Gasteiger partial charge in [0.15, 0.2) is 0 Å². The van der Waals surface area contributed by atoms with E-state index in [1.54, 1.807) is 6.07 Å². The van der Waals surface area contributed by atoms with Gasteiger partial charge < -0.3 is 15.2 Å². The number of ether oxygens (including phenoxy) is 2. The molecule has 3 nitrogen and oxygen atoms in total. The van der Waals surface area contributed by atoms with Crippen molar-refractivity contribution in [1.82, 2.24) is 0 Å². The molecule has 2 N–H and O–H groups in total. The van der Waals surface area contributed by atoms with Crippen molar-refractivity contribution in [3.05, 3.63) is 29.8 Å². The Balaban J connectivity index is 2.29. The summed E-state index contributed by atoms with van der Waals surface area (Å²) in [7, 11) is 0. The highest BCUT2D eigenvalue weighted by Crippen LogP contribution is 2.15. The van der Waals surface area contributed by atoms with Crippen molar-refractivity contribution >= 4 is 0 Å². The molecule has 108 valence electrons. The topological polar surface area (TPSA) is 44.5 Å². The maximum Gasteiger partial charge on any atom is 0.411 e. The summed E-state index contributed by atoms with van der Waals surface area (Å²) in [4.78, 5) is 0. The van der Waals surface area contributed by atoms with Crippen LogP contribution in [0, 0.1) is 0 Å². The van der Waals surface area contributed by atoms with E-state index in [2.05, 4.69) is 4.74 Å². The summed E-state index contributed by atoms with van der Waals surface area (Å²) < 4.78 is 45.2. The molecule has 0 amide bonds. The number of benzene rings is 1. The largest absolute Gasteiger partial charge is 0.491 e. The van der Waals surface area contributed by atoms with Gasteiger partial charge in [-0.25, -0.2) is 0 Å². The standard InChI is InChI=1S/C13H18F3NO2/c1-10(17)7-11-3-2-4-12(8-11)19-6-5-18-9-13(14,15)16/h2-4,8,10H,5-7,9,17H2,1H3. The van der Waals surface area contributed by atoms with Gasteiger partial charge in [0, 0.05) is 6.04 Å². The van der Waals surface area contributed by atoms with E-state index in [0.29, 0.717) is 5.75 Å². The number of hydrogen-bond donors (Lipinski definition) is 1. The maximum absolute atomic E-state index is 11.8. The van der Waals surface area contributed by atoms with E-state index >= 15 is 0 Å². The smallest absolute Gasteiger partial charge is 0.411 e. The normalized spacial score (nSPS) is 13.3. The van der Waals surface area contributed by atoms with Crippen LogP contribution in [0.15, 0.2) is 24.3 Å². The van der Waals surface area contributed by atoms with Gasteiger partial charge in [-0.15, -0.1) is 0 Å². The molecule has 0 aromatic heterocycles. The minimum Gasteiger partial charge on any atom is -0.491 e. The van der Waals surface area contributed by atoms with Gasteiger partial charge in [-0.1, -0.05) is 12.1 Å². The van der Waals surface area contributed by atoms with E-state index in [9.17, 15) is 13.2 Å². The molecule has 1 unspecified atom stereocenters. The Morgan fingerprint density at radius 2 is 2.00 bits per heavy atom. The van der Waals surface area contributed by atoms with Gasteiger partial charge in [-0.2, -0.15) is 13.2 Å². The molecule has 0 heterocycles. The van der Waals surface area contributed by atoms with Gasteiger partial charge in [0.05, 0.1) is 6.61 Å². The lowest BCUT2D eigenvalue weighted by Crippen LogP contribution is -2.19. The molecule has 1 aromatic rings. The SMILES string of the molecule is CC(N)Cc1cccc(OCCOCC(F)(F)F)c1. The summed E-state index contributed by atoms with van der Waals surface area (Å²) in [6.07, 6.45) is -3.57. The van der Waals surface area contributed by atoms with Gasteiger partial charge in [-0.05, 0) is 31.0 Å². The first kappa shape index (κ1) is 15.8. The lowest BCUT2D eigenvalue weighted by atomic mass is 10.1. The Hall–Kier alpha value is -1.27. The van der Waals surface area contributed by atoms with Crippen LogP contribution < -0.4 is 10.5 Å². The van der Waals surface area contributed by atoms with E-state index in [4.69, 9.17) is 10.5 Å². The Morgan fingerprint density at radius 3 is 2.63 bits per heavy atom. The van der Waals surface area contributed by atoms with Crippen LogP contribution in [-0.2, 0) is 11.2 Å². The molecule has 6 heteroatoms. The molecule has 0 aliphatic heterocycles. The van der Waals surface area contributed by atoms with Gasteiger partial charge in [0.2, 0.25) is 0 Å². The third-order valence-corrected chi connectivity index (χ3v) is 2.22. The highest BCUT2D eigenvalue weighted by molar-refractivity contribution is 5.28. The van der Waals surface area contributed by atoms with E-state index in [0.717, 1.165) is 12.0 Å². The van der Waals surface area contributed by atoms with Crippen molar-refractivity contribution in [3.8, 4) is 5.75 Å². The van der Waals surface area contributed by atoms with E-state index in [1.807, 2.05) is 25.1 Å². The molecule has 0 aliphatic rings. The first-order chi connectivity index (χ1) is 8.87. The summed E-state index contributed by atoms with van der Waals surface area (Å²) in [5, 5.41) is 0. The highest BCUT2D eigenvalue weighted by atomic mass is 19.4. The molecule has 1 aromatic carbocycles. The zero-order valence-corrected chi connectivity index (χ0v) is 10.7. The van der Waals surface area contributed by atoms with Crippen molar-refractivity contribution in [3.63, 3.8) is 0 Å². The van der Waals surface area contributed by atoms with Crippen LogP contribution in [0.2, 0.25) is 0 Å². The first-order valence-corrected chi connectivity index (χ1v) is 5.98. The average molecular weight is 277 g/mol. The number of halogens is 3. The molecule has 0 aliphatic carbocycles. The Labute approximate surface area is 110 Å². The molecule has 0 spiro atoms. The Kier molecular flexibility index (Phi) is 6.11. The fraction of sp³-hybridized carbons (Fsp3) is 0.538. The van der Waals surface area contributed by atoms with Crippen LogP contribution in [0.4, 0.5) is 13.2 Å². The molecular weight excluding hydrogens is 259 g/mol. The van der Waals surface area contributed by atoms with Crippen molar-refractivity contribution < 1.29 is 22.6 Å². The molecule has 0 saturated heterocycles. The van der Waals surface area contributed by atoms with E-state index < -0.39 is 12.8 Å². The summed E-state index contributed by atoms with van der Waals surface area (Å²) in [5.41, 5.74) is 6.72. The second-order valence-corrected chi connectivity index (χ2v) is 4.35. The van der Waals surface area contributed by atoms with Crippen LogP contribution in [0.25, 0.3) is 0 Å². The number of rotatable bonds is 7. The van der Waals surface area contributed by atoms with Crippen molar-refractivity contribution in [2.75, 3.05) is 19.8 Å². The van der Waals surface area contributed by atoms with E-state index in [1.165, 1.54) is 0 Å². The first-order valence-electron chi connectivity index (χ1n) is 5.98. The fourth-order valence-electron chi connectivity index (χ4n) is 1.54. The minimum absolute atomic E-state index is 0.0466. The summed E-state index contributed by atoms with van der Waals surface area (Å²) in [6, 6.07) is 7.37. The van der Waals surface area contributed by atoms with Crippen molar-refractivity contribution in [1.29, 1.82) is 0 Å². The van der Waals surface area contributed by atoms with E-state index in [-0.39, 0.29) is 19.3 Å². The van der Waals surface area contributed by atoms with Crippen molar-refractivity contribution in [2.45, 2.75) is 25.6 Å². The Bertz CT molecular complexity index is 380. The molecule has 0 fully saturated rings. The zero-order chi connectivity index (χ0) is 14.3. The number of hydrogen-bond acceptors (Lipinski definition) is 3. The Morgan fingerprint density at radius 1 is 1.26 bits per heavy atom. The quantitative estimate of drug-likeness (QED) is 0.779. The van der Waals surface area contributed by atoms with Crippen LogP contribution in [-0.4, -0.2) is 32.0 Å². The maximum atomic E-state index is 11.8. The van der Waals surface area contributed by atoms with Gasteiger partial charge in [0.1, 0.15) is 19.0 Å². The second-order valence-electron chi connectivity index (χ2n) is 4.35. The highest BCUT2D eigenvalue weighted by Gasteiger charge is 2.27. The van der Waals surface area contributed by atoms with Gasteiger partial charge in [-0.3, -0.25) is 0 Å². The van der Waals surface area contributed by atoms with Crippen LogP contribution in [0.3, 0.4) is 0 Å². The lowest BCUT2D eigenvalue weighted by Gasteiger charge is -2.10. The van der Waals surface area contributed by atoms with Gasteiger partial charge >= 0.3 is 6.18 Å². The summed E-state index contributed by atoms with van der Waals surface area (Å²) in [6.45, 7) is 0.633.